The Hall–Kier alpha value is -1.04. The Bertz CT molecular complexity index is 243. The number of hydrogen-bond donors (Lipinski definition) is 0. The van der Waals surface area contributed by atoms with Crippen LogP contribution in [0.15, 0.2) is 36.9 Å². The smallest absolute Gasteiger partial charge is 0.00126 e. The van der Waals surface area contributed by atoms with Crippen molar-refractivity contribution in [2.45, 2.75) is 26.2 Å². The van der Waals surface area contributed by atoms with E-state index in [4.69, 9.17) is 0 Å². The van der Waals surface area contributed by atoms with Crippen molar-refractivity contribution in [3.8, 4) is 0 Å². The van der Waals surface area contributed by atoms with Crippen LogP contribution in [0.2, 0.25) is 0 Å². The van der Waals surface area contributed by atoms with Crippen LogP contribution in [0, 0.1) is 6.92 Å². The number of hydrogen-bond acceptors (Lipinski definition) is 0. The highest BCUT2D eigenvalue weighted by Gasteiger charge is 2.02. The van der Waals surface area contributed by atoms with Crippen LogP contribution in [-0.4, -0.2) is 0 Å². The van der Waals surface area contributed by atoms with Gasteiger partial charge in [-0.2, -0.15) is 0 Å². The van der Waals surface area contributed by atoms with Gasteiger partial charge in [0.25, 0.3) is 0 Å². The largest absolute Gasteiger partial charge is 0.102 e. The lowest BCUT2D eigenvalue weighted by molar-refractivity contribution is 0.807. The quantitative estimate of drug-likeness (QED) is 0.592. The second-order valence-electron chi connectivity index (χ2n) is 3.16. The van der Waals surface area contributed by atoms with Crippen molar-refractivity contribution in [2.24, 2.45) is 0 Å². The molecule has 1 rings (SSSR count). The molecule has 0 aliphatic carbocycles. The zero-order valence-electron chi connectivity index (χ0n) is 7.88. The Morgan fingerprint density at radius 1 is 1.33 bits per heavy atom. The fraction of sp³-hybridized carbons (Fsp3) is 0.333. The first-order valence-corrected chi connectivity index (χ1v) is 4.47. The molecule has 0 aromatic heterocycles. The first-order chi connectivity index (χ1) is 5.77. The fourth-order valence-electron chi connectivity index (χ4n) is 1.35. The lowest BCUT2D eigenvalue weighted by Crippen LogP contribution is -1.91. The molecule has 0 saturated carbocycles. The van der Waals surface area contributed by atoms with Crippen molar-refractivity contribution in [3.05, 3.63) is 48.0 Å². The van der Waals surface area contributed by atoms with Crippen molar-refractivity contribution in [2.75, 3.05) is 0 Å². The average Bonchev–Trinajstić information content (AvgIpc) is 2.10. The van der Waals surface area contributed by atoms with Gasteiger partial charge in [-0.15, -0.1) is 6.58 Å². The summed E-state index contributed by atoms with van der Waals surface area (Å²) >= 11 is 0. The Kier molecular flexibility index (Phi) is 3.09. The van der Waals surface area contributed by atoms with E-state index in [0.29, 0.717) is 5.92 Å². The van der Waals surface area contributed by atoms with Crippen LogP contribution in [0.3, 0.4) is 0 Å². The van der Waals surface area contributed by atoms with Gasteiger partial charge in [-0.3, -0.25) is 0 Å². The third-order valence-electron chi connectivity index (χ3n) is 2.23. The van der Waals surface area contributed by atoms with Gasteiger partial charge in [0.2, 0.25) is 0 Å². The highest BCUT2D eigenvalue weighted by molar-refractivity contribution is 5.26. The zero-order valence-corrected chi connectivity index (χ0v) is 7.88. The van der Waals surface area contributed by atoms with Gasteiger partial charge in [0.15, 0.2) is 0 Å². The maximum atomic E-state index is 3.83. The summed E-state index contributed by atoms with van der Waals surface area (Å²) in [4.78, 5) is 0. The highest BCUT2D eigenvalue weighted by atomic mass is 14.1. The molecule has 0 nitrogen and oxygen atoms in total. The first kappa shape index (κ1) is 9.05. The third kappa shape index (κ3) is 1.97. The van der Waals surface area contributed by atoms with E-state index >= 15 is 0 Å². The van der Waals surface area contributed by atoms with E-state index in [1.807, 2.05) is 6.08 Å². The van der Waals surface area contributed by atoms with Gasteiger partial charge in [0.1, 0.15) is 0 Å². The minimum Gasteiger partial charge on any atom is -0.102 e. The molecule has 0 aliphatic rings. The van der Waals surface area contributed by atoms with Crippen molar-refractivity contribution < 1.29 is 0 Å². The Morgan fingerprint density at radius 3 is 2.33 bits per heavy atom. The third-order valence-corrected chi connectivity index (χ3v) is 2.23. The minimum atomic E-state index is 0.519. The standard InChI is InChI=1S/C12H16/c1-4-11(5-2)12-8-6-10(3)7-9-12/h4,6-9,11H,1,5H2,2-3H3. The van der Waals surface area contributed by atoms with Crippen LogP contribution in [0.4, 0.5) is 0 Å². The summed E-state index contributed by atoms with van der Waals surface area (Å²) in [5.41, 5.74) is 2.69. The zero-order chi connectivity index (χ0) is 8.97. The lowest BCUT2D eigenvalue weighted by atomic mass is 9.96. The van der Waals surface area contributed by atoms with Crippen molar-refractivity contribution in [1.82, 2.24) is 0 Å². The van der Waals surface area contributed by atoms with Gasteiger partial charge in [0.05, 0.1) is 0 Å². The SMILES string of the molecule is C=CC(CC)c1ccc(C)cc1. The van der Waals surface area contributed by atoms with Gasteiger partial charge < -0.3 is 0 Å². The summed E-state index contributed by atoms with van der Waals surface area (Å²) in [5.74, 6) is 0.519. The number of benzene rings is 1. The second-order valence-corrected chi connectivity index (χ2v) is 3.16. The van der Waals surface area contributed by atoms with E-state index in [-0.39, 0.29) is 0 Å². The molecule has 0 heterocycles. The van der Waals surface area contributed by atoms with Gasteiger partial charge >= 0.3 is 0 Å². The molecule has 1 atom stereocenters. The van der Waals surface area contributed by atoms with Crippen LogP contribution in [0.1, 0.15) is 30.4 Å². The molecule has 0 radical (unpaired) electrons. The lowest BCUT2D eigenvalue weighted by Gasteiger charge is -2.09. The highest BCUT2D eigenvalue weighted by Crippen LogP contribution is 2.20. The summed E-state index contributed by atoms with van der Waals surface area (Å²) in [6, 6.07) is 8.68. The molecule has 0 saturated heterocycles. The van der Waals surface area contributed by atoms with E-state index < -0.39 is 0 Å². The van der Waals surface area contributed by atoms with Crippen LogP contribution in [-0.2, 0) is 0 Å². The molecule has 0 N–H and O–H groups in total. The first-order valence-electron chi connectivity index (χ1n) is 4.47. The Balaban J connectivity index is 2.87. The molecule has 0 heteroatoms. The maximum Gasteiger partial charge on any atom is 0.00126 e. The number of allylic oxidation sites excluding steroid dienone is 1. The Morgan fingerprint density at radius 2 is 1.92 bits per heavy atom. The molecule has 64 valence electrons. The molecular weight excluding hydrogens is 144 g/mol. The fourth-order valence-corrected chi connectivity index (χ4v) is 1.35. The van der Waals surface area contributed by atoms with E-state index in [2.05, 4.69) is 44.7 Å². The second kappa shape index (κ2) is 4.10. The predicted octanol–water partition coefficient (Wildman–Crippen LogP) is 3.67. The van der Waals surface area contributed by atoms with E-state index in [0.717, 1.165) is 6.42 Å². The summed E-state index contributed by atoms with van der Waals surface area (Å²) < 4.78 is 0. The molecule has 0 fully saturated rings. The molecule has 12 heavy (non-hydrogen) atoms. The van der Waals surface area contributed by atoms with Gasteiger partial charge in [0, 0.05) is 5.92 Å². The topological polar surface area (TPSA) is 0 Å². The van der Waals surface area contributed by atoms with Gasteiger partial charge in [-0.25, -0.2) is 0 Å². The predicted molar refractivity (Wildman–Crippen MR) is 54.4 cm³/mol. The normalized spacial score (nSPS) is 12.5. The minimum absolute atomic E-state index is 0.519. The monoisotopic (exact) mass is 160 g/mol. The van der Waals surface area contributed by atoms with Crippen molar-refractivity contribution in [3.63, 3.8) is 0 Å². The van der Waals surface area contributed by atoms with E-state index in [9.17, 15) is 0 Å². The number of rotatable bonds is 3. The average molecular weight is 160 g/mol. The number of aryl methyl sites for hydroxylation is 1. The molecule has 1 aromatic carbocycles. The van der Waals surface area contributed by atoms with E-state index in [1.165, 1.54) is 11.1 Å². The molecule has 0 aliphatic heterocycles. The van der Waals surface area contributed by atoms with Crippen LogP contribution in [0.5, 0.6) is 0 Å². The molecule has 1 unspecified atom stereocenters. The maximum absolute atomic E-state index is 3.83. The van der Waals surface area contributed by atoms with E-state index in [1.54, 1.807) is 0 Å². The van der Waals surface area contributed by atoms with Crippen molar-refractivity contribution in [1.29, 1.82) is 0 Å². The molecule has 1 aromatic rings. The van der Waals surface area contributed by atoms with Crippen molar-refractivity contribution >= 4 is 0 Å². The summed E-state index contributed by atoms with van der Waals surface area (Å²) in [6.07, 6.45) is 3.15. The molecule has 0 bridgehead atoms. The van der Waals surface area contributed by atoms with Gasteiger partial charge in [-0.1, -0.05) is 42.8 Å². The summed E-state index contributed by atoms with van der Waals surface area (Å²) in [5, 5.41) is 0. The van der Waals surface area contributed by atoms with Crippen LogP contribution < -0.4 is 0 Å². The van der Waals surface area contributed by atoms with Crippen LogP contribution in [0.25, 0.3) is 0 Å². The summed E-state index contributed by atoms with van der Waals surface area (Å²) in [6.45, 7) is 8.13. The van der Waals surface area contributed by atoms with Crippen LogP contribution >= 0.6 is 0 Å². The Labute approximate surface area is 74.9 Å². The van der Waals surface area contributed by atoms with Gasteiger partial charge in [-0.05, 0) is 18.9 Å². The molecule has 0 amide bonds. The summed E-state index contributed by atoms with van der Waals surface area (Å²) in [7, 11) is 0. The molecule has 0 spiro atoms. The molecular formula is C12H16.